The van der Waals surface area contributed by atoms with Gasteiger partial charge in [-0.1, -0.05) is 48.9 Å². The first-order chi connectivity index (χ1) is 19.2. The summed E-state index contributed by atoms with van der Waals surface area (Å²) in [6.07, 6.45) is -1.62. The first kappa shape index (κ1) is 35.5. The van der Waals surface area contributed by atoms with Crippen molar-refractivity contribution >= 4 is 28.0 Å². The van der Waals surface area contributed by atoms with Crippen molar-refractivity contribution in [3.05, 3.63) is 41.5 Å². The lowest BCUT2D eigenvalue weighted by Gasteiger charge is -2.59. The molecule has 0 amide bonds. The van der Waals surface area contributed by atoms with Gasteiger partial charge in [-0.2, -0.15) is 26.3 Å². The standard InChI is InChI=1S/C22H33N3O2S.2C2HF3O2/c1-3-18(11-17-7-5-4-6-8-17)20-12-21(20)24-19-13-22(14-19)15-25(16-22)10-9-23-28(2,26)27;2*3-2(4,5)1(6)7/h4-8,11,19-21,23-24H,3,9-10,12-16H2,1-2H3;2*(H,6,7)/b18-11+;;/t20-,21+;;/m0../s1. The fraction of sp³-hybridized carbons (Fsp3) is 0.615. The summed E-state index contributed by atoms with van der Waals surface area (Å²) < 4.78 is 88.3. The van der Waals surface area contributed by atoms with E-state index in [4.69, 9.17) is 19.8 Å². The summed E-state index contributed by atoms with van der Waals surface area (Å²) in [6, 6.07) is 12.0. The van der Waals surface area contributed by atoms with Gasteiger partial charge >= 0.3 is 24.3 Å². The first-order valence-corrected chi connectivity index (χ1v) is 14.9. The molecule has 9 nitrogen and oxygen atoms in total. The molecule has 0 aromatic heterocycles. The molecule has 4 N–H and O–H groups in total. The van der Waals surface area contributed by atoms with Crippen LogP contribution in [0.5, 0.6) is 0 Å². The number of nitrogens with one attached hydrogen (secondary N) is 2. The Labute approximate surface area is 240 Å². The molecule has 1 heterocycles. The van der Waals surface area contributed by atoms with E-state index in [0.717, 1.165) is 26.1 Å². The zero-order valence-corrected chi connectivity index (χ0v) is 23.8. The number of alkyl halides is 6. The van der Waals surface area contributed by atoms with Crippen LogP contribution in [0, 0.1) is 11.3 Å². The van der Waals surface area contributed by atoms with E-state index in [-0.39, 0.29) is 0 Å². The van der Waals surface area contributed by atoms with E-state index >= 15 is 0 Å². The molecule has 1 saturated heterocycles. The average Bonchev–Trinajstić information content (AvgIpc) is 3.58. The molecule has 4 rings (SSSR count). The number of aliphatic carboxylic acids is 2. The lowest BCUT2D eigenvalue weighted by atomic mass is 9.60. The molecule has 2 saturated carbocycles. The maximum atomic E-state index is 11.1. The van der Waals surface area contributed by atoms with Gasteiger partial charge in [-0.25, -0.2) is 22.7 Å². The van der Waals surface area contributed by atoms with Gasteiger partial charge < -0.3 is 20.4 Å². The molecule has 3 aliphatic rings. The Hall–Kier alpha value is -2.69. The maximum absolute atomic E-state index is 11.1. The van der Waals surface area contributed by atoms with Crippen LogP contribution in [-0.4, -0.2) is 92.3 Å². The third kappa shape index (κ3) is 11.9. The number of sulfonamides is 1. The quantitative estimate of drug-likeness (QED) is 0.303. The highest BCUT2D eigenvalue weighted by Crippen LogP contribution is 2.50. The lowest BCUT2D eigenvalue weighted by Crippen LogP contribution is -2.66. The van der Waals surface area contributed by atoms with Gasteiger partial charge in [0.25, 0.3) is 0 Å². The van der Waals surface area contributed by atoms with Gasteiger partial charge in [0.1, 0.15) is 0 Å². The Morgan fingerprint density at radius 3 is 1.95 bits per heavy atom. The summed E-state index contributed by atoms with van der Waals surface area (Å²) in [5.41, 5.74) is 3.39. The number of rotatable bonds is 9. The van der Waals surface area contributed by atoms with Gasteiger partial charge in [0.15, 0.2) is 0 Å². The molecule has 1 spiro atoms. The molecule has 16 heteroatoms. The van der Waals surface area contributed by atoms with Crippen LogP contribution in [0.3, 0.4) is 0 Å². The van der Waals surface area contributed by atoms with Crippen molar-refractivity contribution in [2.45, 2.75) is 57.0 Å². The van der Waals surface area contributed by atoms with E-state index in [0.29, 0.717) is 30.0 Å². The number of hydrogen-bond acceptors (Lipinski definition) is 6. The number of benzene rings is 1. The van der Waals surface area contributed by atoms with Gasteiger partial charge in [-0.05, 0) is 42.6 Å². The third-order valence-corrected chi connectivity index (χ3v) is 7.76. The monoisotopic (exact) mass is 631 g/mol. The SMILES string of the molecule is CC/C(=C\c1ccccc1)[C@@H]1C[C@H]1NC1CC2(C1)CN(CCNS(C)(=O)=O)C2.O=C(O)C(F)(F)F.O=C(O)C(F)(F)F. The van der Waals surface area contributed by atoms with E-state index in [1.165, 1.54) is 31.1 Å². The summed E-state index contributed by atoms with van der Waals surface area (Å²) >= 11 is 0. The molecular weight excluding hydrogens is 596 g/mol. The minimum absolute atomic E-state index is 0.501. The number of likely N-dealkylation sites (tertiary alicyclic amines) is 1. The Morgan fingerprint density at radius 2 is 1.52 bits per heavy atom. The molecule has 2 atom stereocenters. The zero-order valence-electron chi connectivity index (χ0n) is 23.0. The molecule has 1 aromatic rings. The summed E-state index contributed by atoms with van der Waals surface area (Å²) in [5.74, 6) is -4.80. The fourth-order valence-electron chi connectivity index (χ4n) is 5.14. The Morgan fingerprint density at radius 1 is 1.02 bits per heavy atom. The van der Waals surface area contributed by atoms with E-state index in [1.54, 1.807) is 5.57 Å². The van der Waals surface area contributed by atoms with E-state index in [9.17, 15) is 34.8 Å². The summed E-state index contributed by atoms with van der Waals surface area (Å²) in [4.78, 5) is 20.2. The number of carbonyl (C=O) groups is 2. The van der Waals surface area contributed by atoms with Crippen molar-refractivity contribution in [1.82, 2.24) is 14.9 Å². The van der Waals surface area contributed by atoms with Gasteiger partial charge in [-0.15, -0.1) is 0 Å². The Balaban J connectivity index is 0.000000367. The van der Waals surface area contributed by atoms with Crippen LogP contribution in [0.15, 0.2) is 35.9 Å². The van der Waals surface area contributed by atoms with Crippen LogP contribution in [0.1, 0.15) is 38.2 Å². The fourth-order valence-corrected chi connectivity index (χ4v) is 5.60. The Kier molecular flexibility index (Phi) is 12.0. The van der Waals surface area contributed by atoms with Crippen LogP contribution in [0.25, 0.3) is 6.08 Å². The number of hydrogen-bond donors (Lipinski definition) is 4. The number of nitrogens with zero attached hydrogens (tertiary/aromatic N) is 1. The van der Waals surface area contributed by atoms with E-state index in [2.05, 4.69) is 58.3 Å². The minimum atomic E-state index is -5.08. The highest BCUT2D eigenvalue weighted by atomic mass is 32.2. The van der Waals surface area contributed by atoms with Crippen LogP contribution in [0.4, 0.5) is 26.3 Å². The second kappa shape index (κ2) is 14.2. The van der Waals surface area contributed by atoms with Crippen LogP contribution in [-0.2, 0) is 19.6 Å². The Bertz CT molecular complexity index is 1170. The lowest BCUT2D eigenvalue weighted by molar-refractivity contribution is -0.193. The first-order valence-electron chi connectivity index (χ1n) is 13.0. The van der Waals surface area contributed by atoms with E-state index in [1.807, 2.05) is 0 Å². The van der Waals surface area contributed by atoms with Gasteiger partial charge in [0, 0.05) is 38.3 Å². The average molecular weight is 632 g/mol. The molecule has 1 aliphatic heterocycles. The van der Waals surface area contributed by atoms with Crippen molar-refractivity contribution in [3.8, 4) is 0 Å². The molecule has 1 aromatic carbocycles. The van der Waals surface area contributed by atoms with Crippen LogP contribution >= 0.6 is 0 Å². The maximum Gasteiger partial charge on any atom is 0.490 e. The largest absolute Gasteiger partial charge is 0.490 e. The summed E-state index contributed by atoms with van der Waals surface area (Å²) in [5, 5.41) is 18.1. The molecule has 238 valence electrons. The smallest absolute Gasteiger partial charge is 0.475 e. The predicted octanol–water partition coefficient (Wildman–Crippen LogP) is 3.74. The minimum Gasteiger partial charge on any atom is -0.475 e. The third-order valence-electron chi connectivity index (χ3n) is 7.03. The highest BCUT2D eigenvalue weighted by molar-refractivity contribution is 7.88. The molecule has 0 unspecified atom stereocenters. The summed E-state index contributed by atoms with van der Waals surface area (Å²) in [7, 11) is -3.07. The molecule has 2 aliphatic carbocycles. The zero-order chi connectivity index (χ0) is 31.9. The molecule has 3 fully saturated rings. The molecule has 0 radical (unpaired) electrons. The number of halogens is 6. The van der Waals surface area contributed by atoms with Gasteiger partial charge in [-0.3, -0.25) is 0 Å². The van der Waals surface area contributed by atoms with Gasteiger partial charge in [0.05, 0.1) is 6.26 Å². The molecule has 0 bridgehead atoms. The van der Waals surface area contributed by atoms with Crippen molar-refractivity contribution < 1.29 is 54.6 Å². The molecule has 42 heavy (non-hydrogen) atoms. The van der Waals surface area contributed by atoms with Crippen molar-refractivity contribution in [2.75, 3.05) is 32.4 Å². The second-order valence-electron chi connectivity index (χ2n) is 10.7. The topological polar surface area (TPSA) is 136 Å². The van der Waals surface area contributed by atoms with Gasteiger partial charge in [0.2, 0.25) is 10.0 Å². The predicted molar refractivity (Wildman–Crippen MR) is 142 cm³/mol. The second-order valence-corrected chi connectivity index (χ2v) is 12.5. The summed E-state index contributed by atoms with van der Waals surface area (Å²) in [6.45, 7) is 5.86. The van der Waals surface area contributed by atoms with Crippen LogP contribution < -0.4 is 10.0 Å². The van der Waals surface area contributed by atoms with E-state index < -0.39 is 34.3 Å². The highest BCUT2D eigenvalue weighted by Gasteiger charge is 2.53. The van der Waals surface area contributed by atoms with Crippen molar-refractivity contribution in [2.24, 2.45) is 11.3 Å². The molecular formula is C26H35F6N3O6S. The van der Waals surface area contributed by atoms with Crippen molar-refractivity contribution in [3.63, 3.8) is 0 Å². The number of carboxylic acid groups (broad SMARTS) is 2. The normalized spacial score (nSPS) is 22.0. The van der Waals surface area contributed by atoms with Crippen LogP contribution in [0.2, 0.25) is 0 Å². The number of carboxylic acids is 2. The van der Waals surface area contributed by atoms with Crippen molar-refractivity contribution in [1.29, 1.82) is 0 Å².